The van der Waals surface area contributed by atoms with Crippen LogP contribution in [0.2, 0.25) is 0 Å². The van der Waals surface area contributed by atoms with Crippen LogP contribution in [0.5, 0.6) is 0 Å². The highest BCUT2D eigenvalue weighted by molar-refractivity contribution is 5.96. The molecule has 1 aliphatic rings. The van der Waals surface area contributed by atoms with Gasteiger partial charge in [0.25, 0.3) is 5.91 Å². The van der Waals surface area contributed by atoms with Crippen LogP contribution in [-0.4, -0.2) is 35.0 Å². The number of allylic oxidation sites excluding steroid dienone is 4. The quantitative estimate of drug-likeness (QED) is 0.360. The molecule has 0 aliphatic heterocycles. The highest BCUT2D eigenvalue weighted by atomic mass is 16.5. The molecule has 0 bridgehead atoms. The molecule has 1 atom stereocenters. The van der Waals surface area contributed by atoms with Crippen molar-refractivity contribution < 1.29 is 19.4 Å². The number of nitriles is 1. The molecule has 0 saturated heterocycles. The van der Waals surface area contributed by atoms with E-state index in [0.29, 0.717) is 24.2 Å². The van der Waals surface area contributed by atoms with Gasteiger partial charge in [-0.3, -0.25) is 4.79 Å². The van der Waals surface area contributed by atoms with Crippen molar-refractivity contribution in [3.63, 3.8) is 0 Å². The lowest BCUT2D eigenvalue weighted by molar-refractivity contribution is -0.139. The summed E-state index contributed by atoms with van der Waals surface area (Å²) in [6.45, 7) is 1.28. The summed E-state index contributed by atoms with van der Waals surface area (Å²) >= 11 is 0. The normalized spacial score (nSPS) is 13.3. The van der Waals surface area contributed by atoms with Crippen molar-refractivity contribution in [2.24, 2.45) is 0 Å². The minimum atomic E-state index is -1.08. The van der Waals surface area contributed by atoms with Gasteiger partial charge in [-0.1, -0.05) is 54.6 Å². The number of rotatable bonds is 11. The SMILES string of the molecule is COC1=CC=C(N(Cc2ccc(C#N)cc2)Cc2ccc(C(=O)NC(Cc3ccccc3)C(=O)O)cc2)CC1. The van der Waals surface area contributed by atoms with E-state index in [1.807, 2.05) is 72.8 Å². The van der Waals surface area contributed by atoms with E-state index in [1.54, 1.807) is 19.2 Å². The number of aliphatic carboxylic acids is 1. The second-order valence-corrected chi connectivity index (χ2v) is 9.41. The first-order chi connectivity index (χ1) is 18.9. The molecule has 7 nitrogen and oxygen atoms in total. The first-order valence-electron chi connectivity index (χ1n) is 12.8. The fraction of sp³-hybridized carbons (Fsp3) is 0.219. The Morgan fingerprint density at radius 1 is 0.923 bits per heavy atom. The summed E-state index contributed by atoms with van der Waals surface area (Å²) in [5, 5.41) is 21.4. The summed E-state index contributed by atoms with van der Waals surface area (Å²) in [7, 11) is 1.68. The average molecular weight is 522 g/mol. The number of nitrogens with zero attached hydrogens (tertiary/aromatic N) is 2. The number of carbonyl (C=O) groups is 2. The van der Waals surface area contributed by atoms with Crippen LogP contribution < -0.4 is 5.32 Å². The molecule has 39 heavy (non-hydrogen) atoms. The summed E-state index contributed by atoms with van der Waals surface area (Å²) in [5.74, 6) is -0.556. The molecule has 198 valence electrons. The van der Waals surface area contributed by atoms with Crippen molar-refractivity contribution in [2.45, 2.75) is 38.4 Å². The largest absolute Gasteiger partial charge is 0.501 e. The number of ether oxygens (including phenoxy) is 1. The lowest BCUT2D eigenvalue weighted by atomic mass is 10.0. The van der Waals surface area contributed by atoms with Gasteiger partial charge in [0.15, 0.2) is 0 Å². The maximum absolute atomic E-state index is 12.8. The van der Waals surface area contributed by atoms with Gasteiger partial charge in [0.05, 0.1) is 24.5 Å². The molecule has 1 amide bonds. The summed E-state index contributed by atoms with van der Waals surface area (Å²) in [6.07, 6.45) is 5.94. The van der Waals surface area contributed by atoms with E-state index < -0.39 is 17.9 Å². The smallest absolute Gasteiger partial charge is 0.326 e. The molecule has 1 aliphatic carbocycles. The topological polar surface area (TPSA) is 103 Å². The van der Waals surface area contributed by atoms with Crippen molar-refractivity contribution >= 4 is 11.9 Å². The predicted octanol–water partition coefficient (Wildman–Crippen LogP) is 5.19. The van der Waals surface area contributed by atoms with E-state index in [2.05, 4.69) is 22.4 Å². The van der Waals surface area contributed by atoms with Gasteiger partial charge in [0.1, 0.15) is 6.04 Å². The maximum atomic E-state index is 12.8. The highest BCUT2D eigenvalue weighted by Crippen LogP contribution is 2.25. The van der Waals surface area contributed by atoms with Crippen LogP contribution in [0.25, 0.3) is 0 Å². The summed E-state index contributed by atoms with van der Waals surface area (Å²) in [5.41, 5.74) is 5.14. The number of benzene rings is 3. The van der Waals surface area contributed by atoms with Crippen molar-refractivity contribution in [2.75, 3.05) is 7.11 Å². The second-order valence-electron chi connectivity index (χ2n) is 9.41. The molecule has 0 saturated carbocycles. The monoisotopic (exact) mass is 521 g/mol. The van der Waals surface area contributed by atoms with E-state index >= 15 is 0 Å². The van der Waals surface area contributed by atoms with Crippen LogP contribution in [0.3, 0.4) is 0 Å². The van der Waals surface area contributed by atoms with Crippen molar-refractivity contribution in [3.05, 3.63) is 130 Å². The Morgan fingerprint density at radius 3 is 2.10 bits per heavy atom. The fourth-order valence-electron chi connectivity index (χ4n) is 4.48. The zero-order valence-electron chi connectivity index (χ0n) is 21.8. The number of carboxylic acids is 1. The number of nitrogens with one attached hydrogen (secondary N) is 1. The van der Waals surface area contributed by atoms with Gasteiger partial charge in [-0.25, -0.2) is 4.79 Å². The molecule has 0 radical (unpaired) electrons. The molecule has 0 heterocycles. The Balaban J connectivity index is 1.46. The molecule has 2 N–H and O–H groups in total. The highest BCUT2D eigenvalue weighted by Gasteiger charge is 2.21. The molecular formula is C32H31N3O4. The third-order valence-electron chi connectivity index (χ3n) is 6.69. The van der Waals surface area contributed by atoms with E-state index in [0.717, 1.165) is 35.3 Å². The van der Waals surface area contributed by atoms with Crippen LogP contribution in [0.15, 0.2) is 102 Å². The van der Waals surface area contributed by atoms with Gasteiger partial charge in [0.2, 0.25) is 0 Å². The third-order valence-corrected chi connectivity index (χ3v) is 6.69. The van der Waals surface area contributed by atoms with Crippen LogP contribution >= 0.6 is 0 Å². The van der Waals surface area contributed by atoms with Gasteiger partial charge in [-0.05, 0) is 59.5 Å². The van der Waals surface area contributed by atoms with E-state index in [9.17, 15) is 14.7 Å². The van der Waals surface area contributed by atoms with Crippen molar-refractivity contribution in [3.8, 4) is 6.07 Å². The first-order valence-corrected chi connectivity index (χ1v) is 12.8. The summed E-state index contributed by atoms with van der Waals surface area (Å²) in [6, 6.07) is 25.2. The molecule has 0 fully saturated rings. The number of hydrogen-bond donors (Lipinski definition) is 2. The first kappa shape index (κ1) is 27.2. The molecule has 1 unspecified atom stereocenters. The van der Waals surface area contributed by atoms with Crippen LogP contribution in [0.1, 0.15) is 45.5 Å². The molecule has 0 aromatic heterocycles. The van der Waals surface area contributed by atoms with E-state index in [-0.39, 0.29) is 6.42 Å². The van der Waals surface area contributed by atoms with E-state index in [4.69, 9.17) is 10.00 Å². The lowest BCUT2D eigenvalue weighted by Crippen LogP contribution is -2.42. The maximum Gasteiger partial charge on any atom is 0.326 e. The second kappa shape index (κ2) is 13.1. The number of carbonyl (C=O) groups excluding carboxylic acids is 1. The number of hydrogen-bond acceptors (Lipinski definition) is 5. The predicted molar refractivity (Wildman–Crippen MR) is 148 cm³/mol. The standard InChI is InChI=1S/C32H31N3O4/c1-39-29-17-15-28(16-18-29)35(21-25-9-7-24(20-33)8-10-25)22-26-11-13-27(14-12-26)31(36)34-30(32(37)38)19-23-5-3-2-4-6-23/h2-15,17,30H,16,18-19,21-22H2,1H3,(H,34,36)(H,37,38). The Morgan fingerprint density at radius 2 is 1.56 bits per heavy atom. The van der Waals surface area contributed by atoms with Crippen LogP contribution in [-0.2, 0) is 29.0 Å². The Kier molecular flexibility index (Phi) is 9.15. The van der Waals surface area contributed by atoms with Gasteiger partial charge >= 0.3 is 5.97 Å². The van der Waals surface area contributed by atoms with Crippen molar-refractivity contribution in [1.82, 2.24) is 10.2 Å². The van der Waals surface area contributed by atoms with E-state index in [1.165, 1.54) is 5.70 Å². The van der Waals surface area contributed by atoms with Crippen LogP contribution in [0.4, 0.5) is 0 Å². The third kappa shape index (κ3) is 7.59. The lowest BCUT2D eigenvalue weighted by Gasteiger charge is -2.29. The minimum absolute atomic E-state index is 0.207. The van der Waals surface area contributed by atoms with Gasteiger partial charge in [0, 0.05) is 37.2 Å². The molecule has 0 spiro atoms. The fourth-order valence-corrected chi connectivity index (χ4v) is 4.48. The van der Waals surface area contributed by atoms with Crippen molar-refractivity contribution in [1.29, 1.82) is 5.26 Å². The number of carboxylic acid groups (broad SMARTS) is 1. The molecule has 3 aromatic rings. The van der Waals surface area contributed by atoms with Gasteiger partial charge < -0.3 is 20.1 Å². The molecular weight excluding hydrogens is 490 g/mol. The summed E-state index contributed by atoms with van der Waals surface area (Å²) in [4.78, 5) is 26.9. The number of methoxy groups -OCH3 is 1. The summed E-state index contributed by atoms with van der Waals surface area (Å²) < 4.78 is 5.38. The molecule has 7 heteroatoms. The Bertz CT molecular complexity index is 1390. The molecule has 4 rings (SSSR count). The van der Waals surface area contributed by atoms with Gasteiger partial charge in [-0.15, -0.1) is 0 Å². The number of amides is 1. The average Bonchev–Trinajstić information content (AvgIpc) is 2.97. The minimum Gasteiger partial charge on any atom is -0.501 e. The zero-order chi connectivity index (χ0) is 27.6. The Labute approximate surface area is 228 Å². The zero-order valence-corrected chi connectivity index (χ0v) is 21.8. The van der Waals surface area contributed by atoms with Gasteiger partial charge in [-0.2, -0.15) is 5.26 Å². The van der Waals surface area contributed by atoms with Crippen LogP contribution in [0, 0.1) is 11.3 Å². The molecule has 3 aromatic carbocycles. The Hall–Kier alpha value is -4.83.